The molecule has 1 N–H and O–H groups in total. The summed E-state index contributed by atoms with van der Waals surface area (Å²) >= 11 is 0. The fourth-order valence-corrected chi connectivity index (χ4v) is 2.12. The molecule has 2 rings (SSSR count). The van der Waals surface area contributed by atoms with E-state index in [1.54, 1.807) is 12.1 Å². The lowest BCUT2D eigenvalue weighted by Crippen LogP contribution is -2.35. The average Bonchev–Trinajstić information content (AvgIpc) is 2.69. The minimum atomic E-state index is -0.764. The highest BCUT2D eigenvalue weighted by Gasteiger charge is 2.30. The van der Waals surface area contributed by atoms with Crippen molar-refractivity contribution in [3.8, 4) is 0 Å². The van der Waals surface area contributed by atoms with Crippen LogP contribution in [0.25, 0.3) is 0 Å². The third kappa shape index (κ3) is 2.39. The first kappa shape index (κ1) is 11.1. The molecule has 1 aromatic carbocycles. The SMILES string of the molecule is O=C(O)C1CCCN1Cc1ccc(F)cc1. The van der Waals surface area contributed by atoms with Crippen LogP contribution in [0.5, 0.6) is 0 Å². The molecule has 16 heavy (non-hydrogen) atoms. The van der Waals surface area contributed by atoms with Crippen molar-refractivity contribution in [2.24, 2.45) is 0 Å². The maximum absolute atomic E-state index is 12.7. The molecule has 0 saturated carbocycles. The highest BCUT2D eigenvalue weighted by atomic mass is 19.1. The zero-order valence-electron chi connectivity index (χ0n) is 8.90. The Morgan fingerprint density at radius 3 is 2.75 bits per heavy atom. The van der Waals surface area contributed by atoms with Crippen molar-refractivity contribution in [2.75, 3.05) is 6.54 Å². The minimum Gasteiger partial charge on any atom is -0.480 e. The van der Waals surface area contributed by atoms with E-state index in [0.29, 0.717) is 13.0 Å². The molecule has 1 unspecified atom stereocenters. The van der Waals surface area contributed by atoms with Gasteiger partial charge < -0.3 is 5.11 Å². The maximum Gasteiger partial charge on any atom is 0.320 e. The van der Waals surface area contributed by atoms with E-state index >= 15 is 0 Å². The lowest BCUT2D eigenvalue weighted by atomic mass is 10.2. The summed E-state index contributed by atoms with van der Waals surface area (Å²) in [5, 5.41) is 9.00. The smallest absolute Gasteiger partial charge is 0.320 e. The van der Waals surface area contributed by atoms with E-state index in [4.69, 9.17) is 5.11 Å². The fourth-order valence-electron chi connectivity index (χ4n) is 2.12. The van der Waals surface area contributed by atoms with E-state index in [-0.39, 0.29) is 11.9 Å². The predicted molar refractivity (Wildman–Crippen MR) is 57.5 cm³/mol. The number of carboxylic acid groups (broad SMARTS) is 1. The minimum absolute atomic E-state index is 0.264. The topological polar surface area (TPSA) is 40.5 Å². The summed E-state index contributed by atoms with van der Waals surface area (Å²) in [5.41, 5.74) is 0.953. The number of nitrogens with zero attached hydrogens (tertiary/aromatic N) is 1. The van der Waals surface area contributed by atoms with Crippen LogP contribution in [0, 0.1) is 5.82 Å². The predicted octanol–water partition coefficient (Wildman–Crippen LogP) is 1.87. The largest absolute Gasteiger partial charge is 0.480 e. The summed E-state index contributed by atoms with van der Waals surface area (Å²) in [6.45, 7) is 1.38. The second-order valence-electron chi connectivity index (χ2n) is 4.09. The number of carbonyl (C=O) groups is 1. The molecule has 0 amide bonds. The Hall–Kier alpha value is -1.42. The van der Waals surface area contributed by atoms with Gasteiger partial charge in [0.1, 0.15) is 11.9 Å². The van der Waals surface area contributed by atoms with E-state index in [0.717, 1.165) is 18.5 Å². The quantitative estimate of drug-likeness (QED) is 0.850. The summed E-state index contributed by atoms with van der Waals surface area (Å²) in [7, 11) is 0. The molecule has 1 aromatic rings. The number of aliphatic carboxylic acids is 1. The number of halogens is 1. The third-order valence-electron chi connectivity index (χ3n) is 2.95. The van der Waals surface area contributed by atoms with Crippen molar-refractivity contribution < 1.29 is 14.3 Å². The van der Waals surface area contributed by atoms with Gasteiger partial charge in [0.25, 0.3) is 0 Å². The normalized spacial score (nSPS) is 21.2. The van der Waals surface area contributed by atoms with Crippen LogP contribution in [0.1, 0.15) is 18.4 Å². The molecule has 0 aromatic heterocycles. The Kier molecular flexibility index (Phi) is 3.19. The van der Waals surface area contributed by atoms with E-state index in [1.165, 1.54) is 12.1 Å². The molecule has 1 saturated heterocycles. The molecular formula is C12H14FNO2. The first-order chi connectivity index (χ1) is 7.66. The van der Waals surface area contributed by atoms with Gasteiger partial charge in [0.15, 0.2) is 0 Å². The Labute approximate surface area is 93.5 Å². The lowest BCUT2D eigenvalue weighted by Gasteiger charge is -2.20. The summed E-state index contributed by atoms with van der Waals surface area (Å²) in [5.74, 6) is -1.03. The first-order valence-corrected chi connectivity index (χ1v) is 5.38. The van der Waals surface area contributed by atoms with Gasteiger partial charge in [-0.05, 0) is 37.1 Å². The van der Waals surface area contributed by atoms with E-state index in [1.807, 2.05) is 4.90 Å². The van der Waals surface area contributed by atoms with Crippen LogP contribution >= 0.6 is 0 Å². The van der Waals surface area contributed by atoms with Gasteiger partial charge in [0.2, 0.25) is 0 Å². The van der Waals surface area contributed by atoms with E-state index in [9.17, 15) is 9.18 Å². The van der Waals surface area contributed by atoms with Crippen LogP contribution in [0.4, 0.5) is 4.39 Å². The van der Waals surface area contributed by atoms with Gasteiger partial charge in [-0.25, -0.2) is 4.39 Å². The van der Waals surface area contributed by atoms with E-state index in [2.05, 4.69) is 0 Å². The summed E-state index contributed by atoms with van der Waals surface area (Å²) in [4.78, 5) is 12.9. The van der Waals surface area contributed by atoms with Crippen LogP contribution in [-0.2, 0) is 11.3 Å². The van der Waals surface area contributed by atoms with Crippen LogP contribution in [-0.4, -0.2) is 28.6 Å². The zero-order valence-corrected chi connectivity index (χ0v) is 8.90. The van der Waals surface area contributed by atoms with Crippen molar-refractivity contribution >= 4 is 5.97 Å². The molecule has 1 heterocycles. The van der Waals surface area contributed by atoms with Crippen molar-refractivity contribution in [3.63, 3.8) is 0 Å². The Balaban J connectivity index is 2.03. The molecule has 0 bridgehead atoms. The molecule has 86 valence electrons. The van der Waals surface area contributed by atoms with Crippen LogP contribution < -0.4 is 0 Å². The van der Waals surface area contributed by atoms with Gasteiger partial charge in [-0.3, -0.25) is 9.69 Å². The van der Waals surface area contributed by atoms with Crippen molar-refractivity contribution in [3.05, 3.63) is 35.6 Å². The maximum atomic E-state index is 12.7. The molecule has 0 radical (unpaired) electrons. The zero-order chi connectivity index (χ0) is 11.5. The number of benzene rings is 1. The molecule has 4 heteroatoms. The van der Waals surface area contributed by atoms with Crippen LogP contribution in [0.3, 0.4) is 0 Å². The number of hydrogen-bond donors (Lipinski definition) is 1. The molecule has 1 fully saturated rings. The van der Waals surface area contributed by atoms with E-state index < -0.39 is 5.97 Å². The summed E-state index contributed by atoms with van der Waals surface area (Å²) in [6.07, 6.45) is 1.62. The Morgan fingerprint density at radius 1 is 1.44 bits per heavy atom. The van der Waals surface area contributed by atoms with Gasteiger partial charge in [-0.2, -0.15) is 0 Å². The molecule has 3 nitrogen and oxygen atoms in total. The second kappa shape index (κ2) is 4.61. The summed E-state index contributed by atoms with van der Waals surface area (Å²) < 4.78 is 12.7. The molecule has 0 aliphatic carbocycles. The standard InChI is InChI=1S/C12H14FNO2/c13-10-5-3-9(4-6-10)8-14-7-1-2-11(14)12(15)16/h3-6,11H,1-2,7-8H2,(H,15,16). The molecule has 0 spiro atoms. The highest BCUT2D eigenvalue weighted by Crippen LogP contribution is 2.20. The van der Waals surface area contributed by atoms with Gasteiger partial charge in [0.05, 0.1) is 0 Å². The molecule has 1 atom stereocenters. The van der Waals surface area contributed by atoms with Gasteiger partial charge in [0, 0.05) is 6.54 Å². The molecule has 1 aliphatic rings. The van der Waals surface area contributed by atoms with Gasteiger partial charge in [-0.15, -0.1) is 0 Å². The fraction of sp³-hybridized carbons (Fsp3) is 0.417. The van der Waals surface area contributed by atoms with Crippen LogP contribution in [0.2, 0.25) is 0 Å². The van der Waals surface area contributed by atoms with Crippen molar-refractivity contribution in [1.29, 1.82) is 0 Å². The highest BCUT2D eigenvalue weighted by molar-refractivity contribution is 5.73. The van der Waals surface area contributed by atoms with Gasteiger partial charge >= 0.3 is 5.97 Å². The lowest BCUT2D eigenvalue weighted by molar-refractivity contribution is -0.142. The third-order valence-corrected chi connectivity index (χ3v) is 2.95. The first-order valence-electron chi connectivity index (χ1n) is 5.38. The monoisotopic (exact) mass is 223 g/mol. The Bertz CT molecular complexity index is 377. The molecule has 1 aliphatic heterocycles. The Morgan fingerprint density at radius 2 is 2.12 bits per heavy atom. The second-order valence-corrected chi connectivity index (χ2v) is 4.09. The average molecular weight is 223 g/mol. The molecular weight excluding hydrogens is 209 g/mol. The number of rotatable bonds is 3. The summed E-state index contributed by atoms with van der Waals surface area (Å²) in [6, 6.07) is 5.83. The van der Waals surface area contributed by atoms with Crippen LogP contribution in [0.15, 0.2) is 24.3 Å². The van der Waals surface area contributed by atoms with Crippen molar-refractivity contribution in [2.45, 2.75) is 25.4 Å². The van der Waals surface area contributed by atoms with Crippen molar-refractivity contribution in [1.82, 2.24) is 4.90 Å². The van der Waals surface area contributed by atoms with Gasteiger partial charge in [-0.1, -0.05) is 12.1 Å². The number of hydrogen-bond acceptors (Lipinski definition) is 2. The number of carboxylic acids is 1. The number of likely N-dealkylation sites (tertiary alicyclic amines) is 1.